The van der Waals surface area contributed by atoms with Gasteiger partial charge in [0.25, 0.3) is 0 Å². The summed E-state index contributed by atoms with van der Waals surface area (Å²) in [7, 11) is 1.54. The molecule has 0 radical (unpaired) electrons. The molecule has 9 nitrogen and oxygen atoms in total. The maximum atomic E-state index is 9.78. The molecule has 0 spiro atoms. The van der Waals surface area contributed by atoms with Crippen molar-refractivity contribution in [2.75, 3.05) is 20.3 Å². The molecule has 30 heavy (non-hydrogen) atoms. The molecular weight excluding hydrogens is 412 g/mol. The summed E-state index contributed by atoms with van der Waals surface area (Å²) in [5.41, 5.74) is 3.27. The Morgan fingerprint density at radius 1 is 1.13 bits per heavy atom. The van der Waals surface area contributed by atoms with E-state index in [0.29, 0.717) is 30.1 Å². The summed E-state index contributed by atoms with van der Waals surface area (Å²) in [5.74, 6) is 0.429. The molecule has 1 aromatic carbocycles. The molecule has 0 amide bonds. The van der Waals surface area contributed by atoms with Crippen LogP contribution in [0.4, 0.5) is 0 Å². The molecule has 0 aliphatic rings. The average molecular weight is 439 g/mol. The Hall–Kier alpha value is -2.27. The number of aliphatic hydroxyl groups excluding tert-OH is 3. The predicted octanol–water partition coefficient (Wildman–Crippen LogP) is 0.840. The van der Waals surface area contributed by atoms with E-state index in [1.807, 2.05) is 41.1 Å². The van der Waals surface area contributed by atoms with Crippen molar-refractivity contribution in [1.29, 1.82) is 0 Å². The van der Waals surface area contributed by atoms with Crippen LogP contribution in [0.1, 0.15) is 11.1 Å². The topological polar surface area (TPSA) is 122 Å². The highest BCUT2D eigenvalue weighted by Crippen LogP contribution is 2.26. The number of aromatic nitrogens is 3. The molecular formula is C20H27ClN4O5. The van der Waals surface area contributed by atoms with E-state index in [1.54, 1.807) is 7.11 Å². The Bertz CT molecular complexity index is 909. The van der Waals surface area contributed by atoms with Crippen molar-refractivity contribution in [1.82, 2.24) is 19.9 Å². The SMILES string of the molecule is COc1ncnc2c(CN[C@H](CO)[C@@H](O)CO)cn(COCc3ccccc3)c12.Cl. The van der Waals surface area contributed by atoms with Gasteiger partial charge in [0.05, 0.1) is 39.1 Å². The molecule has 3 aromatic rings. The highest BCUT2D eigenvalue weighted by Gasteiger charge is 2.20. The molecule has 164 valence electrons. The van der Waals surface area contributed by atoms with Crippen LogP contribution in [0, 0.1) is 0 Å². The highest BCUT2D eigenvalue weighted by molar-refractivity contribution is 5.85. The van der Waals surface area contributed by atoms with Crippen molar-refractivity contribution in [3.63, 3.8) is 0 Å². The van der Waals surface area contributed by atoms with E-state index in [4.69, 9.17) is 14.6 Å². The van der Waals surface area contributed by atoms with Crippen molar-refractivity contribution in [3.05, 3.63) is 54.0 Å². The van der Waals surface area contributed by atoms with Gasteiger partial charge in [-0.1, -0.05) is 30.3 Å². The third-order valence-electron chi connectivity index (χ3n) is 4.63. The molecule has 0 fully saturated rings. The molecule has 2 heterocycles. The maximum absolute atomic E-state index is 9.78. The molecule has 3 rings (SSSR count). The summed E-state index contributed by atoms with van der Waals surface area (Å²) in [4.78, 5) is 8.54. The van der Waals surface area contributed by atoms with Crippen LogP contribution in [0.3, 0.4) is 0 Å². The van der Waals surface area contributed by atoms with Gasteiger partial charge < -0.3 is 34.7 Å². The molecule has 0 saturated carbocycles. The van der Waals surface area contributed by atoms with Crippen LogP contribution in [0.25, 0.3) is 11.0 Å². The lowest BCUT2D eigenvalue weighted by Crippen LogP contribution is -2.44. The Balaban J connectivity index is 0.00000320. The van der Waals surface area contributed by atoms with E-state index >= 15 is 0 Å². The molecule has 0 saturated heterocycles. The number of nitrogens with one attached hydrogen (secondary N) is 1. The van der Waals surface area contributed by atoms with Crippen LogP contribution in [-0.4, -0.2) is 62.3 Å². The average Bonchev–Trinajstić information content (AvgIpc) is 3.12. The first-order valence-electron chi connectivity index (χ1n) is 9.29. The van der Waals surface area contributed by atoms with Gasteiger partial charge in [0, 0.05) is 18.3 Å². The van der Waals surface area contributed by atoms with Gasteiger partial charge >= 0.3 is 0 Å². The minimum atomic E-state index is -1.06. The highest BCUT2D eigenvalue weighted by atomic mass is 35.5. The van der Waals surface area contributed by atoms with Gasteiger partial charge in [-0.05, 0) is 5.56 Å². The van der Waals surface area contributed by atoms with Gasteiger partial charge in [-0.15, -0.1) is 12.4 Å². The second-order valence-corrected chi connectivity index (χ2v) is 6.59. The summed E-state index contributed by atoms with van der Waals surface area (Å²) in [5, 5.41) is 31.4. The fraction of sp³-hybridized carbons (Fsp3) is 0.400. The van der Waals surface area contributed by atoms with Gasteiger partial charge in [0.1, 0.15) is 24.1 Å². The molecule has 0 bridgehead atoms. The zero-order chi connectivity index (χ0) is 20.6. The molecule has 4 N–H and O–H groups in total. The van der Waals surface area contributed by atoms with Crippen LogP contribution in [0.15, 0.2) is 42.9 Å². The Labute approximate surface area is 180 Å². The number of fused-ring (bicyclic) bond motifs is 1. The number of halogens is 1. The van der Waals surface area contributed by atoms with E-state index in [-0.39, 0.29) is 25.7 Å². The van der Waals surface area contributed by atoms with Gasteiger partial charge in [-0.2, -0.15) is 4.98 Å². The lowest BCUT2D eigenvalue weighted by atomic mass is 10.1. The number of nitrogens with zero attached hydrogens (tertiary/aromatic N) is 3. The summed E-state index contributed by atoms with van der Waals surface area (Å²) in [6.45, 7) is 0.310. The minimum absolute atomic E-state index is 0. The second-order valence-electron chi connectivity index (χ2n) is 6.59. The Kier molecular flexibility index (Phi) is 9.44. The molecule has 0 aliphatic heterocycles. The van der Waals surface area contributed by atoms with Crippen LogP contribution in [-0.2, 0) is 24.6 Å². The van der Waals surface area contributed by atoms with Gasteiger partial charge in [0.2, 0.25) is 5.88 Å². The van der Waals surface area contributed by atoms with Gasteiger partial charge in [-0.3, -0.25) is 0 Å². The zero-order valence-electron chi connectivity index (χ0n) is 16.6. The summed E-state index contributed by atoms with van der Waals surface area (Å²) < 4.78 is 13.1. The van der Waals surface area contributed by atoms with Gasteiger partial charge in [0.15, 0.2) is 0 Å². The minimum Gasteiger partial charge on any atom is -0.479 e. The summed E-state index contributed by atoms with van der Waals surface area (Å²) in [6.07, 6.45) is 2.23. The summed E-state index contributed by atoms with van der Waals surface area (Å²) in [6, 6.07) is 9.21. The standard InChI is InChI=1S/C20H26N4O5.ClH/c1-28-20-19-18(22-12-23-20)15(7-21-16(9-25)17(27)10-26)8-24(19)13-29-11-14-5-3-2-4-6-14;/h2-6,8,12,16-17,21,25-27H,7,9-11,13H2,1H3;1H/t16-,17+;/m1./s1. The van der Waals surface area contributed by atoms with Crippen LogP contribution in [0.5, 0.6) is 5.88 Å². The lowest BCUT2D eigenvalue weighted by Gasteiger charge is -2.20. The number of hydrogen-bond acceptors (Lipinski definition) is 8. The number of ether oxygens (including phenoxy) is 2. The molecule has 0 aliphatic carbocycles. The molecule has 2 aromatic heterocycles. The van der Waals surface area contributed by atoms with E-state index in [0.717, 1.165) is 11.1 Å². The van der Waals surface area contributed by atoms with E-state index in [2.05, 4.69) is 15.3 Å². The van der Waals surface area contributed by atoms with Crippen LogP contribution < -0.4 is 10.1 Å². The van der Waals surface area contributed by atoms with Crippen LogP contribution in [0.2, 0.25) is 0 Å². The smallest absolute Gasteiger partial charge is 0.241 e. The third-order valence-corrected chi connectivity index (χ3v) is 4.63. The van der Waals surface area contributed by atoms with E-state index in [9.17, 15) is 10.2 Å². The fourth-order valence-electron chi connectivity index (χ4n) is 3.08. The number of rotatable bonds is 11. The first-order valence-corrected chi connectivity index (χ1v) is 9.29. The maximum Gasteiger partial charge on any atom is 0.241 e. The molecule has 0 unspecified atom stereocenters. The Morgan fingerprint density at radius 3 is 2.57 bits per heavy atom. The summed E-state index contributed by atoms with van der Waals surface area (Å²) >= 11 is 0. The van der Waals surface area contributed by atoms with Crippen LogP contribution >= 0.6 is 12.4 Å². The third kappa shape index (κ3) is 5.66. The van der Waals surface area contributed by atoms with Crippen molar-refractivity contribution >= 4 is 23.4 Å². The number of hydrogen-bond donors (Lipinski definition) is 4. The monoisotopic (exact) mass is 438 g/mol. The number of aliphatic hydroxyl groups is 3. The normalized spacial score (nSPS) is 13.1. The van der Waals surface area contributed by atoms with E-state index in [1.165, 1.54) is 6.33 Å². The largest absolute Gasteiger partial charge is 0.479 e. The first-order chi connectivity index (χ1) is 14.2. The molecule has 10 heteroatoms. The number of methoxy groups -OCH3 is 1. The van der Waals surface area contributed by atoms with Crippen molar-refractivity contribution in [2.45, 2.75) is 32.0 Å². The van der Waals surface area contributed by atoms with Crippen molar-refractivity contribution in [2.24, 2.45) is 0 Å². The van der Waals surface area contributed by atoms with Crippen molar-refractivity contribution in [3.8, 4) is 5.88 Å². The van der Waals surface area contributed by atoms with Gasteiger partial charge in [-0.25, -0.2) is 4.98 Å². The Morgan fingerprint density at radius 2 is 1.90 bits per heavy atom. The number of benzene rings is 1. The zero-order valence-corrected chi connectivity index (χ0v) is 17.5. The quantitative estimate of drug-likeness (QED) is 0.347. The lowest BCUT2D eigenvalue weighted by molar-refractivity contribution is 0.0410. The predicted molar refractivity (Wildman–Crippen MR) is 113 cm³/mol. The van der Waals surface area contributed by atoms with Crippen molar-refractivity contribution < 1.29 is 24.8 Å². The van der Waals surface area contributed by atoms with E-state index < -0.39 is 18.8 Å². The first kappa shape index (κ1) is 24.0. The molecule has 2 atom stereocenters. The fourth-order valence-corrected chi connectivity index (χ4v) is 3.08. The second kappa shape index (κ2) is 11.8.